The average Bonchev–Trinajstić information content (AvgIpc) is 3.43. The molecule has 0 saturated heterocycles. The first-order valence-electron chi connectivity index (χ1n) is 13.2. The first-order valence-corrected chi connectivity index (χ1v) is 13.2. The molecule has 9 nitrogen and oxygen atoms in total. The zero-order chi connectivity index (χ0) is 28.1. The third kappa shape index (κ3) is 6.96. The maximum absolute atomic E-state index is 13.8. The number of nitrogens with one attached hydrogen (secondary N) is 1. The number of nitrogens with zero attached hydrogens (tertiary/aromatic N) is 3. The normalized spacial score (nSPS) is 10.7. The van der Waals surface area contributed by atoms with Crippen LogP contribution in [-0.2, 0) is 19.4 Å². The Labute approximate surface area is 280 Å². The molecule has 0 aliphatic carbocycles. The fourth-order valence-corrected chi connectivity index (χ4v) is 4.59. The monoisotopic (exact) mass is 578 g/mol. The summed E-state index contributed by atoms with van der Waals surface area (Å²) in [5.41, 5.74) is 3.93. The number of ether oxygens (including phenoxy) is 2. The van der Waals surface area contributed by atoms with E-state index in [9.17, 15) is 9.59 Å². The number of hydrogen-bond donors (Lipinski definition) is 1. The van der Waals surface area contributed by atoms with E-state index in [0.29, 0.717) is 42.4 Å². The van der Waals surface area contributed by atoms with Crippen molar-refractivity contribution >= 4 is 51.4 Å². The molecule has 2 aromatic heterocycles. The topological polar surface area (TPSA) is 112 Å². The van der Waals surface area contributed by atoms with Crippen LogP contribution in [0.3, 0.4) is 0 Å². The van der Waals surface area contributed by atoms with E-state index in [-0.39, 0.29) is 62.7 Å². The van der Waals surface area contributed by atoms with Gasteiger partial charge in [-0.3, -0.25) is 18.9 Å². The van der Waals surface area contributed by atoms with Crippen molar-refractivity contribution in [1.82, 2.24) is 19.7 Å². The van der Waals surface area contributed by atoms with Gasteiger partial charge in [0.05, 0.1) is 19.3 Å². The van der Waals surface area contributed by atoms with Crippen LogP contribution in [0.15, 0.2) is 86.9 Å². The second-order valence-electron chi connectivity index (χ2n) is 9.27. The molecule has 0 bridgehead atoms. The van der Waals surface area contributed by atoms with Crippen LogP contribution < -0.4 is 20.8 Å². The molecule has 0 unspecified atom stereocenters. The van der Waals surface area contributed by atoms with E-state index >= 15 is 0 Å². The zero-order valence-corrected chi connectivity index (χ0v) is 22.6. The van der Waals surface area contributed by atoms with E-state index in [2.05, 4.69) is 17.1 Å². The van der Waals surface area contributed by atoms with E-state index in [1.807, 2.05) is 67.6 Å². The van der Waals surface area contributed by atoms with Crippen LogP contribution in [0.1, 0.15) is 37.4 Å². The number of hydrogen-bond acceptors (Lipinski definition) is 7. The first kappa shape index (κ1) is 30.7. The molecule has 0 atom stereocenters. The molecule has 0 saturated carbocycles. The van der Waals surface area contributed by atoms with Crippen molar-refractivity contribution in [3.63, 3.8) is 0 Å². The molecular weight excluding hydrogens is 547 g/mol. The van der Waals surface area contributed by atoms with Crippen LogP contribution in [0.2, 0.25) is 0 Å². The van der Waals surface area contributed by atoms with Gasteiger partial charge in [-0.1, -0.05) is 73.6 Å². The van der Waals surface area contributed by atoms with E-state index in [4.69, 9.17) is 19.0 Å². The fourth-order valence-electron chi connectivity index (χ4n) is 4.59. The van der Waals surface area contributed by atoms with Crippen molar-refractivity contribution in [2.24, 2.45) is 0 Å². The fraction of sp³-hybridized carbons (Fsp3) is 0.226. The summed E-state index contributed by atoms with van der Waals surface area (Å²) < 4.78 is 17.8. The molecule has 5 aromatic rings. The van der Waals surface area contributed by atoms with Gasteiger partial charge in [-0.05, 0) is 41.7 Å². The van der Waals surface area contributed by atoms with E-state index in [0.717, 1.165) is 34.5 Å². The van der Waals surface area contributed by atoms with Gasteiger partial charge >= 0.3 is 57.1 Å². The number of aromatic nitrogens is 4. The standard InChI is InChI=1S/C31H30N4O5.K.H/c1-4-9-27-32-26(5-2)28(39-23-11-8-10-22(18-23)38-3)30(36)35(27)19-20-14-16-21(17-15-20)24-12-6-7-13-25(24)29-33-31(37)40-34-29;;/h6-8,10-18H,4-5,9,19H2,1-3H3,(H,33,34,37);;. The van der Waals surface area contributed by atoms with Crippen molar-refractivity contribution in [2.45, 2.75) is 39.7 Å². The third-order valence-corrected chi connectivity index (χ3v) is 6.57. The second-order valence-corrected chi connectivity index (χ2v) is 9.27. The Kier molecular flexibility index (Phi) is 10.5. The predicted octanol–water partition coefficient (Wildman–Crippen LogP) is 4.97. The van der Waals surface area contributed by atoms with Gasteiger partial charge in [0.25, 0.3) is 5.56 Å². The number of aryl methyl sites for hydroxylation is 2. The van der Waals surface area contributed by atoms with Crippen LogP contribution in [0.4, 0.5) is 0 Å². The van der Waals surface area contributed by atoms with Crippen molar-refractivity contribution in [2.75, 3.05) is 7.11 Å². The maximum atomic E-state index is 13.8. The Hall–Kier alpha value is -3.28. The van der Waals surface area contributed by atoms with Crippen molar-refractivity contribution in [3.05, 3.63) is 111 Å². The van der Waals surface area contributed by atoms with Crippen LogP contribution in [0.25, 0.3) is 22.5 Å². The minimum absolute atomic E-state index is 0. The number of rotatable bonds is 10. The molecule has 0 radical (unpaired) electrons. The van der Waals surface area contributed by atoms with Gasteiger partial charge in [-0.25, -0.2) is 9.78 Å². The molecule has 0 fully saturated rings. The molecule has 0 aliphatic rings. The van der Waals surface area contributed by atoms with Gasteiger partial charge in [0.15, 0.2) is 5.82 Å². The molecule has 10 heteroatoms. The third-order valence-electron chi connectivity index (χ3n) is 6.57. The summed E-state index contributed by atoms with van der Waals surface area (Å²) in [6.07, 6.45) is 2.09. The quantitative estimate of drug-likeness (QED) is 0.233. The molecule has 3 aromatic carbocycles. The van der Waals surface area contributed by atoms with Gasteiger partial charge in [0.2, 0.25) is 5.75 Å². The molecule has 206 valence electrons. The van der Waals surface area contributed by atoms with Crippen LogP contribution in [-0.4, -0.2) is 78.2 Å². The van der Waals surface area contributed by atoms with Crippen molar-refractivity contribution in [3.8, 4) is 39.8 Å². The van der Waals surface area contributed by atoms with Gasteiger partial charge in [-0.15, -0.1) is 0 Å². The summed E-state index contributed by atoms with van der Waals surface area (Å²) in [4.78, 5) is 32.8. The summed E-state index contributed by atoms with van der Waals surface area (Å²) in [5, 5.41) is 3.84. The summed E-state index contributed by atoms with van der Waals surface area (Å²) in [6, 6.07) is 22.7. The molecule has 0 amide bonds. The first-order chi connectivity index (χ1) is 19.5. The molecule has 0 aliphatic heterocycles. The number of H-pyrrole nitrogens is 1. The summed E-state index contributed by atoms with van der Waals surface area (Å²) >= 11 is 0. The van der Waals surface area contributed by atoms with Crippen LogP contribution >= 0.6 is 0 Å². The van der Waals surface area contributed by atoms with E-state index in [1.54, 1.807) is 23.8 Å². The number of benzene rings is 3. The summed E-state index contributed by atoms with van der Waals surface area (Å²) in [7, 11) is 1.59. The SMILES string of the molecule is CCCc1nc(CC)c(Oc2cccc(OC)c2)c(=O)n1Cc1ccc(-c2ccccc2-c2noc(=O)[nH]2)cc1.[KH]. The molecular formula is C31H31KN4O5. The van der Waals surface area contributed by atoms with E-state index in [1.165, 1.54) is 0 Å². The Morgan fingerprint density at radius 2 is 1.66 bits per heavy atom. The molecule has 0 spiro atoms. The molecule has 1 N–H and O–H groups in total. The van der Waals surface area contributed by atoms with E-state index < -0.39 is 5.76 Å². The summed E-state index contributed by atoms with van der Waals surface area (Å²) in [5.74, 6) is 1.87. The molecule has 41 heavy (non-hydrogen) atoms. The Morgan fingerprint density at radius 1 is 0.927 bits per heavy atom. The second kappa shape index (κ2) is 14.1. The Bertz CT molecular complexity index is 1740. The number of aromatic amines is 1. The van der Waals surface area contributed by atoms with Gasteiger partial charge in [0.1, 0.15) is 17.3 Å². The predicted molar refractivity (Wildman–Crippen MR) is 159 cm³/mol. The Balaban J connectivity index is 0.00000387. The van der Waals surface area contributed by atoms with Crippen LogP contribution in [0, 0.1) is 0 Å². The van der Waals surface area contributed by atoms with Gasteiger partial charge < -0.3 is 9.47 Å². The Morgan fingerprint density at radius 3 is 2.32 bits per heavy atom. The minimum atomic E-state index is -0.606. The average molecular weight is 579 g/mol. The summed E-state index contributed by atoms with van der Waals surface area (Å²) in [6.45, 7) is 4.38. The van der Waals surface area contributed by atoms with Crippen molar-refractivity contribution in [1.29, 1.82) is 0 Å². The van der Waals surface area contributed by atoms with Crippen molar-refractivity contribution < 1.29 is 14.0 Å². The van der Waals surface area contributed by atoms with Crippen LogP contribution in [0.5, 0.6) is 17.2 Å². The molecule has 5 rings (SSSR count). The zero-order valence-electron chi connectivity index (χ0n) is 22.6. The molecule has 2 heterocycles. The van der Waals surface area contributed by atoms with Gasteiger partial charge in [-0.2, -0.15) is 0 Å². The van der Waals surface area contributed by atoms with Gasteiger partial charge in [0, 0.05) is 18.1 Å². The number of methoxy groups -OCH3 is 1.